The molecule has 0 aliphatic carbocycles. The lowest BCUT2D eigenvalue weighted by molar-refractivity contribution is -0.123. The molecule has 1 atom stereocenters. The minimum atomic E-state index is -0.161. The van der Waals surface area contributed by atoms with Crippen LogP contribution in [-0.2, 0) is 4.79 Å². The van der Waals surface area contributed by atoms with Gasteiger partial charge in [0.2, 0.25) is 0 Å². The van der Waals surface area contributed by atoms with Crippen LogP contribution in [0.5, 0.6) is 17.2 Å². The minimum Gasteiger partial charge on any atom is -0.493 e. The smallest absolute Gasteiger partial charge is 0.258 e. The number of rotatable bonds is 8. The molecule has 0 saturated heterocycles. The van der Waals surface area contributed by atoms with Gasteiger partial charge in [0, 0.05) is 0 Å². The van der Waals surface area contributed by atoms with E-state index in [1.165, 1.54) is 5.56 Å². The predicted octanol–water partition coefficient (Wildman–Crippen LogP) is 3.97. The second-order valence-corrected chi connectivity index (χ2v) is 6.20. The number of carbonyl (C=O) groups excluding carboxylic acids is 1. The van der Waals surface area contributed by atoms with Crippen LogP contribution in [0.3, 0.4) is 0 Å². The highest BCUT2D eigenvalue weighted by Crippen LogP contribution is 2.30. The number of amides is 1. The van der Waals surface area contributed by atoms with Crippen molar-refractivity contribution >= 4 is 5.91 Å². The molecule has 0 aliphatic rings. The molecule has 0 spiro atoms. The number of methoxy groups -OCH3 is 2. The highest BCUT2D eigenvalue weighted by molar-refractivity contribution is 5.78. The van der Waals surface area contributed by atoms with Gasteiger partial charge in [0.25, 0.3) is 5.91 Å². The van der Waals surface area contributed by atoms with E-state index in [1.807, 2.05) is 57.2 Å². The lowest BCUT2D eigenvalue weighted by Crippen LogP contribution is -2.32. The summed E-state index contributed by atoms with van der Waals surface area (Å²) in [6, 6.07) is 11.4. The van der Waals surface area contributed by atoms with Crippen LogP contribution >= 0.6 is 0 Å². The molecule has 1 N–H and O–H groups in total. The average Bonchev–Trinajstić information content (AvgIpc) is 2.64. The summed E-state index contributed by atoms with van der Waals surface area (Å²) in [6.45, 7) is 6.00. The molecule has 0 bridgehead atoms. The highest BCUT2D eigenvalue weighted by Gasteiger charge is 2.16. The first-order valence-electron chi connectivity index (χ1n) is 8.69. The average molecular weight is 357 g/mol. The number of aryl methyl sites for hydroxylation is 2. The molecule has 0 saturated carbocycles. The van der Waals surface area contributed by atoms with E-state index in [1.54, 1.807) is 14.2 Å². The SMILES string of the molecule is CC[C@H](NC(=O)COc1ccc(C)cc1C)c1ccc(OC)c(OC)c1. The van der Waals surface area contributed by atoms with Gasteiger partial charge in [-0.3, -0.25) is 4.79 Å². The topological polar surface area (TPSA) is 56.8 Å². The summed E-state index contributed by atoms with van der Waals surface area (Å²) < 4.78 is 16.3. The van der Waals surface area contributed by atoms with Crippen LogP contribution in [-0.4, -0.2) is 26.7 Å². The minimum absolute atomic E-state index is 0.0201. The van der Waals surface area contributed by atoms with E-state index in [0.29, 0.717) is 11.5 Å². The number of ether oxygens (including phenoxy) is 3. The molecule has 140 valence electrons. The summed E-state index contributed by atoms with van der Waals surface area (Å²) >= 11 is 0. The number of hydrogen-bond donors (Lipinski definition) is 1. The van der Waals surface area contributed by atoms with E-state index >= 15 is 0 Å². The molecule has 1 amide bonds. The Bertz CT molecular complexity index is 758. The molecule has 0 aliphatic heterocycles. The summed E-state index contributed by atoms with van der Waals surface area (Å²) in [5.41, 5.74) is 3.15. The first-order chi connectivity index (χ1) is 12.5. The van der Waals surface area contributed by atoms with E-state index in [-0.39, 0.29) is 18.6 Å². The monoisotopic (exact) mass is 357 g/mol. The van der Waals surface area contributed by atoms with E-state index in [0.717, 1.165) is 23.3 Å². The Morgan fingerprint density at radius 2 is 1.69 bits per heavy atom. The number of carbonyl (C=O) groups is 1. The number of benzene rings is 2. The van der Waals surface area contributed by atoms with E-state index < -0.39 is 0 Å². The maximum absolute atomic E-state index is 12.3. The van der Waals surface area contributed by atoms with E-state index in [2.05, 4.69) is 5.32 Å². The predicted molar refractivity (Wildman–Crippen MR) is 102 cm³/mol. The van der Waals surface area contributed by atoms with Crippen molar-refractivity contribution in [3.8, 4) is 17.2 Å². The largest absolute Gasteiger partial charge is 0.493 e. The fraction of sp³-hybridized carbons (Fsp3) is 0.381. The Morgan fingerprint density at radius 1 is 1.00 bits per heavy atom. The molecular formula is C21H27NO4. The molecule has 0 aromatic heterocycles. The number of nitrogens with one attached hydrogen (secondary N) is 1. The maximum atomic E-state index is 12.3. The zero-order valence-electron chi connectivity index (χ0n) is 16.1. The fourth-order valence-electron chi connectivity index (χ4n) is 2.83. The van der Waals surface area contributed by atoms with Crippen molar-refractivity contribution < 1.29 is 19.0 Å². The van der Waals surface area contributed by atoms with Crippen LogP contribution in [0.15, 0.2) is 36.4 Å². The molecule has 0 radical (unpaired) electrons. The molecular weight excluding hydrogens is 330 g/mol. The van der Waals surface area contributed by atoms with Crippen molar-refractivity contribution in [3.63, 3.8) is 0 Å². The van der Waals surface area contributed by atoms with Crippen molar-refractivity contribution in [2.75, 3.05) is 20.8 Å². The molecule has 0 unspecified atom stereocenters. The second-order valence-electron chi connectivity index (χ2n) is 6.20. The van der Waals surface area contributed by atoms with E-state index in [9.17, 15) is 4.79 Å². The van der Waals surface area contributed by atoms with Gasteiger partial charge in [-0.15, -0.1) is 0 Å². The summed E-state index contributed by atoms with van der Waals surface area (Å²) in [5.74, 6) is 1.87. The summed E-state index contributed by atoms with van der Waals surface area (Å²) in [6.07, 6.45) is 0.755. The first-order valence-corrected chi connectivity index (χ1v) is 8.69. The Kier molecular flexibility index (Phi) is 6.89. The van der Waals surface area contributed by atoms with Crippen LogP contribution < -0.4 is 19.5 Å². The zero-order chi connectivity index (χ0) is 19.1. The van der Waals surface area contributed by atoms with Crippen molar-refractivity contribution in [3.05, 3.63) is 53.1 Å². The van der Waals surface area contributed by atoms with Gasteiger partial charge >= 0.3 is 0 Å². The van der Waals surface area contributed by atoms with Crippen LogP contribution in [0.4, 0.5) is 0 Å². The second kappa shape index (κ2) is 9.13. The van der Waals surface area contributed by atoms with Gasteiger partial charge in [0.15, 0.2) is 18.1 Å². The zero-order valence-corrected chi connectivity index (χ0v) is 16.1. The quantitative estimate of drug-likeness (QED) is 0.777. The molecule has 2 aromatic rings. The van der Waals surface area contributed by atoms with Crippen LogP contribution in [0.25, 0.3) is 0 Å². The van der Waals surface area contributed by atoms with Crippen molar-refractivity contribution in [2.45, 2.75) is 33.2 Å². The maximum Gasteiger partial charge on any atom is 0.258 e. The molecule has 26 heavy (non-hydrogen) atoms. The van der Waals surface area contributed by atoms with Crippen LogP contribution in [0, 0.1) is 13.8 Å². The Morgan fingerprint density at radius 3 is 2.31 bits per heavy atom. The normalized spacial score (nSPS) is 11.6. The van der Waals surface area contributed by atoms with Crippen LogP contribution in [0.2, 0.25) is 0 Å². The lowest BCUT2D eigenvalue weighted by Gasteiger charge is -2.19. The van der Waals surface area contributed by atoms with Gasteiger partial charge in [-0.2, -0.15) is 0 Å². The van der Waals surface area contributed by atoms with Crippen LogP contribution in [0.1, 0.15) is 36.1 Å². The Hall–Kier alpha value is -2.69. The fourth-order valence-corrected chi connectivity index (χ4v) is 2.83. The summed E-state index contributed by atoms with van der Waals surface area (Å²) in [4.78, 5) is 12.3. The van der Waals surface area contributed by atoms with Gasteiger partial charge in [0.1, 0.15) is 5.75 Å². The van der Waals surface area contributed by atoms with Crippen molar-refractivity contribution in [1.29, 1.82) is 0 Å². The van der Waals surface area contributed by atoms with Gasteiger partial charge in [-0.1, -0.05) is 30.7 Å². The lowest BCUT2D eigenvalue weighted by atomic mass is 10.0. The third kappa shape index (κ3) is 4.91. The molecule has 5 heteroatoms. The Labute approximate surface area is 155 Å². The first kappa shape index (κ1) is 19.6. The van der Waals surface area contributed by atoms with Crippen molar-refractivity contribution in [2.24, 2.45) is 0 Å². The summed E-state index contributed by atoms with van der Waals surface area (Å²) in [7, 11) is 3.19. The van der Waals surface area contributed by atoms with Gasteiger partial charge in [-0.05, 0) is 49.6 Å². The molecule has 0 heterocycles. The Balaban J connectivity index is 2.01. The molecule has 0 fully saturated rings. The molecule has 5 nitrogen and oxygen atoms in total. The highest BCUT2D eigenvalue weighted by atomic mass is 16.5. The van der Waals surface area contributed by atoms with Gasteiger partial charge in [0.05, 0.1) is 20.3 Å². The van der Waals surface area contributed by atoms with E-state index in [4.69, 9.17) is 14.2 Å². The third-order valence-electron chi connectivity index (χ3n) is 4.24. The van der Waals surface area contributed by atoms with Crippen molar-refractivity contribution in [1.82, 2.24) is 5.32 Å². The number of hydrogen-bond acceptors (Lipinski definition) is 4. The third-order valence-corrected chi connectivity index (χ3v) is 4.24. The van der Waals surface area contributed by atoms with Gasteiger partial charge < -0.3 is 19.5 Å². The molecule has 2 rings (SSSR count). The van der Waals surface area contributed by atoms with Gasteiger partial charge in [-0.25, -0.2) is 0 Å². The standard InChI is InChI=1S/C21H27NO4/c1-6-17(16-8-10-19(24-4)20(12-16)25-5)22-21(23)13-26-18-9-7-14(2)11-15(18)3/h7-12,17H,6,13H2,1-5H3,(H,22,23)/t17-/m0/s1. The summed E-state index contributed by atoms with van der Waals surface area (Å²) in [5, 5.41) is 3.01. The molecule has 2 aromatic carbocycles.